The van der Waals surface area contributed by atoms with Crippen molar-refractivity contribution < 1.29 is 27.5 Å². The van der Waals surface area contributed by atoms with E-state index >= 15 is 0 Å². The molecule has 0 spiro atoms. The highest BCUT2D eigenvalue weighted by Gasteiger charge is 2.29. The smallest absolute Gasteiger partial charge is 0.225 e. The lowest BCUT2D eigenvalue weighted by atomic mass is 10.2. The molecule has 8 nitrogen and oxygen atoms in total. The number of anilines is 2. The van der Waals surface area contributed by atoms with Crippen LogP contribution in [-0.2, 0) is 25.8 Å². The van der Waals surface area contributed by atoms with Gasteiger partial charge in [-0.25, -0.2) is 8.42 Å². The van der Waals surface area contributed by atoms with Gasteiger partial charge in [-0.15, -0.1) is 0 Å². The number of rotatable bonds is 7. The molecule has 1 atom stereocenters. The number of amides is 2. The second kappa shape index (κ2) is 8.97. The highest BCUT2D eigenvalue weighted by atomic mass is 32.2. The largest absolute Gasteiger partial charge is 0.497 e. The fraction of sp³-hybridized carbons (Fsp3) is 0.364. The maximum Gasteiger partial charge on any atom is 0.225 e. The summed E-state index contributed by atoms with van der Waals surface area (Å²) < 4.78 is 36.5. The first kappa shape index (κ1) is 22.6. The van der Waals surface area contributed by atoms with E-state index in [9.17, 15) is 18.0 Å². The van der Waals surface area contributed by atoms with Crippen molar-refractivity contribution in [3.63, 3.8) is 0 Å². The average molecular weight is 447 g/mol. The molecule has 0 unspecified atom stereocenters. The minimum Gasteiger partial charge on any atom is -0.497 e. The molecular weight excluding hydrogens is 420 g/mol. The molecule has 3 rings (SSSR count). The van der Waals surface area contributed by atoms with Crippen LogP contribution >= 0.6 is 0 Å². The Morgan fingerprint density at radius 3 is 2.52 bits per heavy atom. The molecule has 0 aliphatic carbocycles. The Bertz CT molecular complexity index is 1110. The molecule has 31 heavy (non-hydrogen) atoms. The lowest BCUT2D eigenvalue weighted by Gasteiger charge is -2.17. The Balaban J connectivity index is 1.75. The van der Waals surface area contributed by atoms with Gasteiger partial charge in [-0.1, -0.05) is 0 Å². The summed E-state index contributed by atoms with van der Waals surface area (Å²) >= 11 is 0. The predicted octanol–water partition coefficient (Wildman–Crippen LogP) is 2.80. The zero-order chi connectivity index (χ0) is 22.8. The van der Waals surface area contributed by atoms with Gasteiger partial charge in [0.05, 0.1) is 30.1 Å². The standard InChI is InChI=1S/C22H26N2O6S/c1-14(11-22(26)23-19-13-17(29-3)5-8-21(19)30-4)31(27,28)18-6-7-20-16(12-18)9-10-24(20)15(2)25/h5-8,12-14H,9-11H2,1-4H3,(H,23,26)/t14-/m1/s1. The van der Waals surface area contributed by atoms with Crippen LogP contribution in [0.3, 0.4) is 0 Å². The van der Waals surface area contributed by atoms with E-state index in [1.807, 2.05) is 0 Å². The summed E-state index contributed by atoms with van der Waals surface area (Å²) in [6, 6.07) is 9.72. The summed E-state index contributed by atoms with van der Waals surface area (Å²) in [7, 11) is -0.748. The Morgan fingerprint density at radius 2 is 1.87 bits per heavy atom. The quantitative estimate of drug-likeness (QED) is 0.702. The number of carbonyl (C=O) groups is 2. The molecule has 0 aromatic heterocycles. The van der Waals surface area contributed by atoms with Gasteiger partial charge in [0, 0.05) is 31.6 Å². The number of benzene rings is 2. The van der Waals surface area contributed by atoms with Crippen molar-refractivity contribution in [1.82, 2.24) is 0 Å². The minimum absolute atomic E-state index is 0.0765. The van der Waals surface area contributed by atoms with Crippen LogP contribution in [0, 0.1) is 0 Å². The van der Waals surface area contributed by atoms with Crippen molar-refractivity contribution in [2.45, 2.75) is 36.8 Å². The summed E-state index contributed by atoms with van der Waals surface area (Å²) in [5.41, 5.74) is 1.95. The number of hydrogen-bond donors (Lipinski definition) is 1. The fourth-order valence-corrected chi connectivity index (χ4v) is 5.00. The Labute approximate surface area is 182 Å². The summed E-state index contributed by atoms with van der Waals surface area (Å²) in [5.74, 6) is 0.451. The minimum atomic E-state index is -3.73. The van der Waals surface area contributed by atoms with E-state index in [1.54, 1.807) is 35.2 Å². The van der Waals surface area contributed by atoms with E-state index in [-0.39, 0.29) is 17.2 Å². The normalized spacial score (nSPS) is 14.0. The molecule has 0 saturated carbocycles. The van der Waals surface area contributed by atoms with E-state index in [0.717, 1.165) is 11.3 Å². The SMILES string of the molecule is COc1ccc(OC)c(NC(=O)C[C@@H](C)S(=O)(=O)c2ccc3c(c2)CCN3C(C)=O)c1. The molecule has 0 bridgehead atoms. The second-order valence-electron chi connectivity index (χ2n) is 7.39. The first-order chi connectivity index (χ1) is 14.7. The van der Waals surface area contributed by atoms with Crippen molar-refractivity contribution in [2.24, 2.45) is 0 Å². The molecular formula is C22H26N2O6S. The maximum atomic E-state index is 13.1. The number of ether oxygens (including phenoxy) is 2. The number of sulfone groups is 1. The van der Waals surface area contributed by atoms with E-state index < -0.39 is 21.0 Å². The molecule has 1 aliphatic rings. The van der Waals surface area contributed by atoms with Gasteiger partial charge in [0.25, 0.3) is 0 Å². The van der Waals surface area contributed by atoms with Gasteiger partial charge in [-0.3, -0.25) is 9.59 Å². The summed E-state index contributed by atoms with van der Waals surface area (Å²) in [5, 5.41) is 1.76. The number of hydrogen-bond acceptors (Lipinski definition) is 6. The Morgan fingerprint density at radius 1 is 1.13 bits per heavy atom. The molecule has 166 valence electrons. The highest BCUT2D eigenvalue weighted by molar-refractivity contribution is 7.92. The summed E-state index contributed by atoms with van der Waals surface area (Å²) in [6.45, 7) is 3.53. The predicted molar refractivity (Wildman–Crippen MR) is 118 cm³/mol. The van der Waals surface area contributed by atoms with Crippen LogP contribution in [0.15, 0.2) is 41.3 Å². The first-order valence-electron chi connectivity index (χ1n) is 9.84. The lowest BCUT2D eigenvalue weighted by Crippen LogP contribution is -2.26. The fourth-order valence-electron chi connectivity index (χ4n) is 3.60. The molecule has 1 heterocycles. The second-order valence-corrected chi connectivity index (χ2v) is 9.75. The number of nitrogens with one attached hydrogen (secondary N) is 1. The van der Waals surface area contributed by atoms with Gasteiger partial charge in [-0.05, 0) is 49.2 Å². The van der Waals surface area contributed by atoms with Gasteiger partial charge in [0.2, 0.25) is 11.8 Å². The third-order valence-electron chi connectivity index (χ3n) is 5.34. The Hall–Kier alpha value is -3.07. The monoisotopic (exact) mass is 446 g/mol. The third kappa shape index (κ3) is 4.66. The van der Waals surface area contributed by atoms with Gasteiger partial charge in [0.15, 0.2) is 9.84 Å². The van der Waals surface area contributed by atoms with Gasteiger partial charge >= 0.3 is 0 Å². The van der Waals surface area contributed by atoms with E-state index in [2.05, 4.69) is 5.32 Å². The van der Waals surface area contributed by atoms with Gasteiger partial charge < -0.3 is 19.7 Å². The molecule has 9 heteroatoms. The zero-order valence-corrected chi connectivity index (χ0v) is 18.8. The van der Waals surface area contributed by atoms with Crippen molar-refractivity contribution in [1.29, 1.82) is 0 Å². The summed E-state index contributed by atoms with van der Waals surface area (Å²) in [4.78, 5) is 26.0. The van der Waals surface area contributed by atoms with Crippen LogP contribution < -0.4 is 19.7 Å². The molecule has 2 aromatic rings. The van der Waals surface area contributed by atoms with Crippen LogP contribution in [0.1, 0.15) is 25.8 Å². The van der Waals surface area contributed by atoms with Crippen molar-refractivity contribution in [3.05, 3.63) is 42.0 Å². The van der Waals surface area contributed by atoms with Crippen LogP contribution in [0.2, 0.25) is 0 Å². The zero-order valence-electron chi connectivity index (χ0n) is 18.0. The topological polar surface area (TPSA) is 102 Å². The van der Waals surface area contributed by atoms with Crippen molar-refractivity contribution >= 4 is 33.0 Å². The molecule has 2 amide bonds. The number of nitrogens with zero attached hydrogens (tertiary/aromatic N) is 1. The third-order valence-corrected chi connectivity index (χ3v) is 7.48. The average Bonchev–Trinajstić information content (AvgIpc) is 3.17. The highest BCUT2D eigenvalue weighted by Crippen LogP contribution is 2.32. The maximum absolute atomic E-state index is 13.1. The number of fused-ring (bicyclic) bond motifs is 1. The number of methoxy groups -OCH3 is 2. The van der Waals surface area contributed by atoms with Gasteiger partial charge in [-0.2, -0.15) is 0 Å². The van der Waals surface area contributed by atoms with Crippen molar-refractivity contribution in [2.75, 3.05) is 31.0 Å². The summed E-state index contributed by atoms with van der Waals surface area (Å²) in [6.07, 6.45) is 0.377. The van der Waals surface area contributed by atoms with E-state index in [1.165, 1.54) is 34.1 Å². The van der Waals surface area contributed by atoms with Crippen molar-refractivity contribution in [3.8, 4) is 11.5 Å². The van der Waals surface area contributed by atoms with Crippen LogP contribution in [-0.4, -0.2) is 46.2 Å². The number of carbonyl (C=O) groups excluding carboxylic acids is 2. The molecule has 0 radical (unpaired) electrons. The molecule has 1 aliphatic heterocycles. The molecule has 0 fully saturated rings. The van der Waals surface area contributed by atoms with E-state index in [4.69, 9.17) is 9.47 Å². The lowest BCUT2D eigenvalue weighted by molar-refractivity contribution is -0.117. The Kier molecular flexibility index (Phi) is 6.54. The van der Waals surface area contributed by atoms with Crippen LogP contribution in [0.5, 0.6) is 11.5 Å². The van der Waals surface area contributed by atoms with Crippen LogP contribution in [0.4, 0.5) is 11.4 Å². The molecule has 0 saturated heterocycles. The van der Waals surface area contributed by atoms with Crippen LogP contribution in [0.25, 0.3) is 0 Å². The van der Waals surface area contributed by atoms with Gasteiger partial charge in [0.1, 0.15) is 11.5 Å². The first-order valence-corrected chi connectivity index (χ1v) is 11.4. The molecule has 2 aromatic carbocycles. The molecule has 1 N–H and O–H groups in total. The van der Waals surface area contributed by atoms with E-state index in [0.29, 0.717) is 30.2 Å².